The predicted octanol–water partition coefficient (Wildman–Crippen LogP) is 2.67. The molecule has 1 fully saturated rings. The summed E-state index contributed by atoms with van der Waals surface area (Å²) in [5.74, 6) is 1.18. The Kier molecular flexibility index (Phi) is 3.30. The highest BCUT2D eigenvalue weighted by atomic mass is 32.2. The molecule has 15 heavy (non-hydrogen) atoms. The Hall–Kier alpha value is -0.980. The van der Waals surface area contributed by atoms with Gasteiger partial charge in [-0.1, -0.05) is 19.1 Å². The summed E-state index contributed by atoms with van der Waals surface area (Å²) in [6.45, 7) is 2.21. The zero-order chi connectivity index (χ0) is 10.7. The third kappa shape index (κ3) is 2.34. The van der Waals surface area contributed by atoms with Crippen LogP contribution < -0.4 is 5.32 Å². The fourth-order valence-electron chi connectivity index (χ4n) is 1.68. The second-order valence-electron chi connectivity index (χ2n) is 3.72. The molecular weight excluding hydrogens is 204 g/mol. The minimum atomic E-state index is 0.405. The molecule has 1 aliphatic heterocycles. The van der Waals surface area contributed by atoms with Crippen molar-refractivity contribution in [2.24, 2.45) is 0 Å². The van der Waals surface area contributed by atoms with Crippen LogP contribution in [0.25, 0.3) is 0 Å². The van der Waals surface area contributed by atoms with Gasteiger partial charge in [0.2, 0.25) is 0 Å². The second-order valence-corrected chi connectivity index (χ2v) is 4.86. The molecule has 1 aromatic rings. The summed E-state index contributed by atoms with van der Waals surface area (Å²) in [6, 6.07) is 10.6. The lowest BCUT2D eigenvalue weighted by atomic mass is 10.1. The van der Waals surface area contributed by atoms with Crippen molar-refractivity contribution in [2.75, 3.05) is 5.75 Å². The standard InChI is InChI=1S/C12H14N2S/c1-2-11-8-15-12(14-11)10-5-3-9(7-13)4-6-10/h3-6,11-12,14H,2,8H2,1H3. The minimum absolute atomic E-state index is 0.405. The molecule has 0 aliphatic carbocycles. The molecule has 3 heteroatoms. The Labute approximate surface area is 94.7 Å². The van der Waals surface area contributed by atoms with Gasteiger partial charge in [-0.3, -0.25) is 5.32 Å². The van der Waals surface area contributed by atoms with Gasteiger partial charge in [0.15, 0.2) is 0 Å². The van der Waals surface area contributed by atoms with E-state index in [4.69, 9.17) is 5.26 Å². The molecule has 0 saturated carbocycles. The lowest BCUT2D eigenvalue weighted by molar-refractivity contribution is 0.561. The van der Waals surface area contributed by atoms with Gasteiger partial charge < -0.3 is 0 Å². The fraction of sp³-hybridized carbons (Fsp3) is 0.417. The van der Waals surface area contributed by atoms with E-state index in [1.807, 2.05) is 36.0 Å². The van der Waals surface area contributed by atoms with Gasteiger partial charge in [-0.2, -0.15) is 5.26 Å². The van der Waals surface area contributed by atoms with Gasteiger partial charge in [0, 0.05) is 11.8 Å². The van der Waals surface area contributed by atoms with Gasteiger partial charge in [0.1, 0.15) is 0 Å². The van der Waals surface area contributed by atoms with E-state index in [0.29, 0.717) is 11.4 Å². The first-order valence-corrected chi connectivity index (χ1v) is 6.26. The first kappa shape index (κ1) is 10.5. The quantitative estimate of drug-likeness (QED) is 0.829. The maximum atomic E-state index is 8.70. The molecule has 1 aromatic carbocycles. The summed E-state index contributed by atoms with van der Waals surface area (Å²) in [6.07, 6.45) is 1.18. The largest absolute Gasteiger partial charge is 0.298 e. The normalized spacial score (nSPS) is 25.1. The topological polar surface area (TPSA) is 35.8 Å². The Balaban J connectivity index is 2.08. The molecule has 0 aromatic heterocycles. The number of thioether (sulfide) groups is 1. The molecule has 1 heterocycles. The van der Waals surface area contributed by atoms with E-state index in [1.165, 1.54) is 17.7 Å². The van der Waals surface area contributed by atoms with Gasteiger partial charge >= 0.3 is 0 Å². The van der Waals surface area contributed by atoms with Crippen LogP contribution in [0.4, 0.5) is 0 Å². The first-order chi connectivity index (χ1) is 7.33. The van der Waals surface area contributed by atoms with Crippen molar-refractivity contribution >= 4 is 11.8 Å². The maximum absolute atomic E-state index is 8.70. The predicted molar refractivity (Wildman–Crippen MR) is 63.6 cm³/mol. The SMILES string of the molecule is CCC1CSC(c2ccc(C#N)cc2)N1. The van der Waals surface area contributed by atoms with Gasteiger partial charge in [0.05, 0.1) is 17.0 Å². The molecule has 0 amide bonds. The number of nitriles is 1. The number of rotatable bonds is 2. The monoisotopic (exact) mass is 218 g/mol. The van der Waals surface area contributed by atoms with Crippen LogP contribution in [0, 0.1) is 11.3 Å². The van der Waals surface area contributed by atoms with Crippen LogP contribution in [0.1, 0.15) is 29.8 Å². The average molecular weight is 218 g/mol. The van der Waals surface area contributed by atoms with Crippen LogP contribution >= 0.6 is 11.8 Å². The zero-order valence-corrected chi connectivity index (χ0v) is 9.55. The number of hydrogen-bond acceptors (Lipinski definition) is 3. The Morgan fingerprint density at radius 1 is 1.47 bits per heavy atom. The Bertz CT molecular complexity index is 366. The molecule has 1 N–H and O–H groups in total. The number of nitrogens with one attached hydrogen (secondary N) is 1. The molecule has 0 bridgehead atoms. The highest BCUT2D eigenvalue weighted by molar-refractivity contribution is 7.99. The molecule has 0 spiro atoms. The van der Waals surface area contributed by atoms with Crippen molar-refractivity contribution in [3.05, 3.63) is 35.4 Å². The fourth-order valence-corrected chi connectivity index (χ4v) is 3.08. The maximum Gasteiger partial charge on any atom is 0.0991 e. The zero-order valence-electron chi connectivity index (χ0n) is 8.73. The van der Waals surface area contributed by atoms with Crippen molar-refractivity contribution in [2.45, 2.75) is 24.8 Å². The van der Waals surface area contributed by atoms with Gasteiger partial charge in [-0.15, -0.1) is 11.8 Å². The lowest BCUT2D eigenvalue weighted by Gasteiger charge is -2.11. The summed E-state index contributed by atoms with van der Waals surface area (Å²) < 4.78 is 0. The number of hydrogen-bond donors (Lipinski definition) is 1. The molecule has 1 saturated heterocycles. The summed E-state index contributed by atoms with van der Waals surface area (Å²) in [5, 5.41) is 12.7. The lowest BCUT2D eigenvalue weighted by Crippen LogP contribution is -2.24. The summed E-state index contributed by atoms with van der Waals surface area (Å²) in [4.78, 5) is 0. The number of benzene rings is 1. The minimum Gasteiger partial charge on any atom is -0.298 e. The molecule has 2 nitrogen and oxygen atoms in total. The van der Waals surface area contributed by atoms with Crippen molar-refractivity contribution in [3.8, 4) is 6.07 Å². The van der Waals surface area contributed by atoms with E-state index >= 15 is 0 Å². The van der Waals surface area contributed by atoms with E-state index < -0.39 is 0 Å². The molecule has 2 unspecified atom stereocenters. The molecule has 78 valence electrons. The van der Waals surface area contributed by atoms with Crippen LogP contribution in [-0.2, 0) is 0 Å². The molecule has 1 aliphatic rings. The van der Waals surface area contributed by atoms with Crippen LogP contribution in [-0.4, -0.2) is 11.8 Å². The molecular formula is C12H14N2S. The molecule has 0 radical (unpaired) electrons. The van der Waals surface area contributed by atoms with Crippen molar-refractivity contribution < 1.29 is 0 Å². The molecule has 2 rings (SSSR count). The highest BCUT2D eigenvalue weighted by Crippen LogP contribution is 2.33. The van der Waals surface area contributed by atoms with Crippen LogP contribution in [0.2, 0.25) is 0 Å². The van der Waals surface area contributed by atoms with E-state index in [1.54, 1.807) is 0 Å². The van der Waals surface area contributed by atoms with E-state index in [9.17, 15) is 0 Å². The van der Waals surface area contributed by atoms with Crippen molar-refractivity contribution in [1.29, 1.82) is 5.26 Å². The van der Waals surface area contributed by atoms with Crippen LogP contribution in [0.5, 0.6) is 0 Å². The first-order valence-electron chi connectivity index (χ1n) is 5.21. The molecule has 2 atom stereocenters. The second kappa shape index (κ2) is 4.69. The van der Waals surface area contributed by atoms with Crippen molar-refractivity contribution in [3.63, 3.8) is 0 Å². The summed E-state index contributed by atoms with van der Waals surface area (Å²) in [7, 11) is 0. The third-order valence-electron chi connectivity index (χ3n) is 2.69. The van der Waals surface area contributed by atoms with Crippen LogP contribution in [0.15, 0.2) is 24.3 Å². The van der Waals surface area contributed by atoms with E-state index in [0.717, 1.165) is 5.56 Å². The van der Waals surface area contributed by atoms with Gasteiger partial charge in [0.25, 0.3) is 0 Å². The van der Waals surface area contributed by atoms with Gasteiger partial charge in [-0.25, -0.2) is 0 Å². The van der Waals surface area contributed by atoms with E-state index in [2.05, 4.69) is 18.3 Å². The van der Waals surface area contributed by atoms with Crippen LogP contribution in [0.3, 0.4) is 0 Å². The Morgan fingerprint density at radius 2 is 2.20 bits per heavy atom. The third-order valence-corrected chi connectivity index (χ3v) is 4.02. The average Bonchev–Trinajstić information content (AvgIpc) is 2.78. The Morgan fingerprint density at radius 3 is 2.73 bits per heavy atom. The highest BCUT2D eigenvalue weighted by Gasteiger charge is 2.23. The van der Waals surface area contributed by atoms with Gasteiger partial charge in [-0.05, 0) is 24.1 Å². The number of nitrogens with zero attached hydrogens (tertiary/aromatic N) is 1. The summed E-state index contributed by atoms with van der Waals surface area (Å²) in [5.41, 5.74) is 2.00. The summed E-state index contributed by atoms with van der Waals surface area (Å²) >= 11 is 1.95. The van der Waals surface area contributed by atoms with E-state index in [-0.39, 0.29) is 0 Å². The smallest absolute Gasteiger partial charge is 0.0991 e. The van der Waals surface area contributed by atoms with Crippen molar-refractivity contribution in [1.82, 2.24) is 5.32 Å².